The highest BCUT2D eigenvalue weighted by atomic mass is 32.1. The molecule has 3 N–H and O–H groups in total. The zero-order chi connectivity index (χ0) is 22.0. The molecule has 1 fully saturated rings. The van der Waals surface area contributed by atoms with Crippen LogP contribution in [0.2, 0.25) is 0 Å². The number of aromatic nitrogens is 2. The number of aliphatic hydroxyl groups is 1. The van der Waals surface area contributed by atoms with Gasteiger partial charge in [0.15, 0.2) is 0 Å². The van der Waals surface area contributed by atoms with Gasteiger partial charge >= 0.3 is 0 Å². The standard InChI is InChI=1S/C23H30N4O3S/c1-23(2,3)21-15(12-25-26-21)13-27-9-11-30-17(14-27)19-16-6-4-5-7-18(16)31-20(19)22(29)24-8-10-28/h4-7,12,17,28H,8-11,13-14H2,1-3H3,(H,24,29)(H,25,26). The van der Waals surface area contributed by atoms with Gasteiger partial charge in [-0.2, -0.15) is 5.10 Å². The summed E-state index contributed by atoms with van der Waals surface area (Å²) in [7, 11) is 0. The molecule has 7 nitrogen and oxygen atoms in total. The maximum atomic E-state index is 12.8. The monoisotopic (exact) mass is 442 g/mol. The number of carbonyl (C=O) groups is 1. The number of aromatic amines is 1. The molecule has 3 aromatic rings. The van der Waals surface area contributed by atoms with Gasteiger partial charge < -0.3 is 15.2 Å². The van der Waals surface area contributed by atoms with E-state index in [1.807, 2.05) is 24.4 Å². The average molecular weight is 443 g/mol. The molecule has 3 heterocycles. The zero-order valence-electron chi connectivity index (χ0n) is 18.3. The normalized spacial score (nSPS) is 17.9. The SMILES string of the molecule is CC(C)(C)c1[nH]ncc1CN1CCOC(c2c(C(=O)NCCO)sc3ccccc23)C1. The van der Waals surface area contributed by atoms with E-state index in [2.05, 4.69) is 47.3 Å². The van der Waals surface area contributed by atoms with Crippen LogP contribution in [-0.4, -0.2) is 59.0 Å². The van der Waals surface area contributed by atoms with Crippen LogP contribution in [0.15, 0.2) is 30.5 Å². The second-order valence-electron chi connectivity index (χ2n) is 8.94. The Balaban J connectivity index is 1.61. The van der Waals surface area contributed by atoms with E-state index in [0.717, 1.165) is 34.4 Å². The molecule has 0 radical (unpaired) electrons. The quantitative estimate of drug-likeness (QED) is 0.545. The first-order valence-electron chi connectivity index (χ1n) is 10.7. The minimum Gasteiger partial charge on any atom is -0.395 e. The smallest absolute Gasteiger partial charge is 0.261 e. The van der Waals surface area contributed by atoms with Crippen molar-refractivity contribution in [2.45, 2.75) is 38.8 Å². The molecule has 0 saturated carbocycles. The number of nitrogens with one attached hydrogen (secondary N) is 2. The molecule has 1 unspecified atom stereocenters. The van der Waals surface area contributed by atoms with Gasteiger partial charge in [-0.05, 0) is 11.5 Å². The number of carbonyl (C=O) groups excluding carboxylic acids is 1. The average Bonchev–Trinajstić information content (AvgIpc) is 3.36. The Kier molecular flexibility index (Phi) is 6.43. The summed E-state index contributed by atoms with van der Waals surface area (Å²) >= 11 is 1.48. The van der Waals surface area contributed by atoms with Crippen molar-refractivity contribution in [1.82, 2.24) is 20.4 Å². The number of H-pyrrole nitrogens is 1. The lowest BCUT2D eigenvalue weighted by atomic mass is 9.89. The number of hydrogen-bond acceptors (Lipinski definition) is 6. The van der Waals surface area contributed by atoms with Crippen LogP contribution >= 0.6 is 11.3 Å². The Morgan fingerprint density at radius 1 is 1.39 bits per heavy atom. The fraction of sp³-hybridized carbons (Fsp3) is 0.478. The Morgan fingerprint density at radius 2 is 2.19 bits per heavy atom. The highest BCUT2D eigenvalue weighted by Gasteiger charge is 2.30. The second kappa shape index (κ2) is 9.08. The summed E-state index contributed by atoms with van der Waals surface area (Å²) in [6.45, 7) is 9.63. The first-order valence-corrected chi connectivity index (χ1v) is 11.5. The van der Waals surface area contributed by atoms with Crippen molar-refractivity contribution in [2.24, 2.45) is 0 Å². The Bertz CT molecular complexity index is 1050. The molecule has 166 valence electrons. The van der Waals surface area contributed by atoms with Crippen LogP contribution in [0.3, 0.4) is 0 Å². The lowest BCUT2D eigenvalue weighted by Gasteiger charge is -2.34. The molecule has 2 aromatic heterocycles. The number of morpholine rings is 1. The summed E-state index contributed by atoms with van der Waals surface area (Å²) in [5, 5.41) is 20.4. The van der Waals surface area contributed by atoms with Crippen molar-refractivity contribution in [3.8, 4) is 0 Å². The largest absolute Gasteiger partial charge is 0.395 e. The van der Waals surface area contributed by atoms with E-state index >= 15 is 0 Å². The lowest BCUT2D eigenvalue weighted by Crippen LogP contribution is -2.39. The number of rotatable bonds is 6. The third-order valence-corrected chi connectivity index (χ3v) is 6.76. The summed E-state index contributed by atoms with van der Waals surface area (Å²) in [5.41, 5.74) is 3.30. The maximum absolute atomic E-state index is 12.8. The first kappa shape index (κ1) is 22.0. The van der Waals surface area contributed by atoms with Gasteiger partial charge in [-0.25, -0.2) is 0 Å². The fourth-order valence-electron chi connectivity index (χ4n) is 4.15. The van der Waals surface area contributed by atoms with Crippen LogP contribution in [0, 0.1) is 0 Å². The minimum atomic E-state index is -0.190. The highest BCUT2D eigenvalue weighted by molar-refractivity contribution is 7.21. The molecular formula is C23H30N4O3S. The van der Waals surface area contributed by atoms with E-state index in [1.54, 1.807) is 0 Å². The van der Waals surface area contributed by atoms with Crippen LogP contribution in [0.4, 0.5) is 0 Å². The van der Waals surface area contributed by atoms with Crippen molar-refractivity contribution in [2.75, 3.05) is 32.8 Å². The number of aliphatic hydroxyl groups excluding tert-OH is 1. The first-order chi connectivity index (χ1) is 14.9. The molecule has 1 atom stereocenters. The maximum Gasteiger partial charge on any atom is 0.261 e. The Labute approximate surface area is 186 Å². The van der Waals surface area contributed by atoms with E-state index in [9.17, 15) is 4.79 Å². The molecule has 1 aromatic carbocycles. The third kappa shape index (κ3) is 4.67. The number of fused-ring (bicyclic) bond motifs is 1. The number of hydrogen-bond donors (Lipinski definition) is 3. The number of ether oxygens (including phenoxy) is 1. The van der Waals surface area contributed by atoms with Crippen LogP contribution in [-0.2, 0) is 16.7 Å². The van der Waals surface area contributed by atoms with Crippen molar-refractivity contribution < 1.29 is 14.6 Å². The molecule has 0 bridgehead atoms. The van der Waals surface area contributed by atoms with Gasteiger partial charge in [0, 0.05) is 53.1 Å². The van der Waals surface area contributed by atoms with Crippen molar-refractivity contribution >= 4 is 27.3 Å². The van der Waals surface area contributed by atoms with Gasteiger partial charge in [0.2, 0.25) is 0 Å². The van der Waals surface area contributed by atoms with E-state index in [4.69, 9.17) is 9.84 Å². The molecule has 8 heteroatoms. The summed E-state index contributed by atoms with van der Waals surface area (Å²) < 4.78 is 7.25. The highest BCUT2D eigenvalue weighted by Crippen LogP contribution is 2.38. The Morgan fingerprint density at radius 3 is 2.97 bits per heavy atom. The van der Waals surface area contributed by atoms with E-state index in [0.29, 0.717) is 18.0 Å². The van der Waals surface area contributed by atoms with Crippen LogP contribution in [0.25, 0.3) is 10.1 Å². The predicted molar refractivity (Wildman–Crippen MR) is 123 cm³/mol. The Hall–Kier alpha value is -2.26. The number of thiophene rings is 1. The van der Waals surface area contributed by atoms with Gasteiger partial charge in [-0.15, -0.1) is 11.3 Å². The molecule has 1 aliphatic heterocycles. The summed E-state index contributed by atoms with van der Waals surface area (Å²) in [6.07, 6.45) is 1.73. The van der Waals surface area contributed by atoms with Crippen LogP contribution < -0.4 is 5.32 Å². The van der Waals surface area contributed by atoms with Gasteiger partial charge in [-0.1, -0.05) is 39.0 Å². The van der Waals surface area contributed by atoms with E-state index < -0.39 is 0 Å². The van der Waals surface area contributed by atoms with E-state index in [1.165, 1.54) is 16.9 Å². The second-order valence-corrected chi connectivity index (χ2v) is 9.99. The third-order valence-electron chi connectivity index (χ3n) is 5.57. The topological polar surface area (TPSA) is 90.5 Å². The molecular weight excluding hydrogens is 412 g/mol. The summed E-state index contributed by atoms with van der Waals surface area (Å²) in [5.74, 6) is -0.157. The van der Waals surface area contributed by atoms with Crippen molar-refractivity contribution in [3.05, 3.63) is 52.2 Å². The lowest BCUT2D eigenvalue weighted by molar-refractivity contribution is -0.0324. The summed E-state index contributed by atoms with van der Waals surface area (Å²) in [6, 6.07) is 8.07. The predicted octanol–water partition coefficient (Wildman–Crippen LogP) is 3.22. The molecule has 31 heavy (non-hydrogen) atoms. The number of amides is 1. The fourth-order valence-corrected chi connectivity index (χ4v) is 5.32. The molecule has 4 rings (SSSR count). The minimum absolute atomic E-state index is 0.000946. The molecule has 0 aliphatic carbocycles. The molecule has 1 aliphatic rings. The van der Waals surface area contributed by atoms with Gasteiger partial charge in [0.25, 0.3) is 5.91 Å². The number of nitrogens with zero attached hydrogens (tertiary/aromatic N) is 2. The van der Waals surface area contributed by atoms with Crippen molar-refractivity contribution in [1.29, 1.82) is 0 Å². The van der Waals surface area contributed by atoms with Gasteiger partial charge in [-0.3, -0.25) is 14.8 Å². The van der Waals surface area contributed by atoms with Gasteiger partial charge in [0.05, 0.1) is 30.4 Å². The van der Waals surface area contributed by atoms with Gasteiger partial charge in [0.1, 0.15) is 0 Å². The van der Waals surface area contributed by atoms with Crippen LogP contribution in [0.1, 0.15) is 53.4 Å². The molecule has 1 amide bonds. The van der Waals surface area contributed by atoms with Crippen molar-refractivity contribution in [3.63, 3.8) is 0 Å². The number of benzene rings is 1. The van der Waals surface area contributed by atoms with E-state index in [-0.39, 0.29) is 30.6 Å². The van der Waals surface area contributed by atoms with Crippen LogP contribution in [0.5, 0.6) is 0 Å². The summed E-state index contributed by atoms with van der Waals surface area (Å²) in [4.78, 5) is 15.9. The zero-order valence-corrected chi connectivity index (χ0v) is 19.1. The molecule has 1 saturated heterocycles. The molecule has 0 spiro atoms.